The van der Waals surface area contributed by atoms with Gasteiger partial charge in [-0.25, -0.2) is 9.37 Å². The lowest BCUT2D eigenvalue weighted by Crippen LogP contribution is -2.17. The number of hydrogen-bond acceptors (Lipinski definition) is 6. The van der Waals surface area contributed by atoms with E-state index in [0.717, 1.165) is 0 Å². The molecule has 2 aromatic carbocycles. The zero-order valence-corrected chi connectivity index (χ0v) is 17.3. The number of nitrogens with one attached hydrogen (secondary N) is 2. The minimum absolute atomic E-state index is 0.240. The maximum absolute atomic E-state index is 13.4. The van der Waals surface area contributed by atoms with Crippen molar-refractivity contribution in [2.75, 3.05) is 19.0 Å². The number of nitrogens with zero attached hydrogens (tertiary/aromatic N) is 3. The number of halogens is 1. The normalized spacial score (nSPS) is 12.0. The molecular weight excluding hydrogens is 413 g/mol. The number of carbonyl (C=O) groups is 1. The summed E-state index contributed by atoms with van der Waals surface area (Å²) in [7, 11) is 1.55. The summed E-state index contributed by atoms with van der Waals surface area (Å²) in [6, 6.07) is 10.9. The van der Waals surface area contributed by atoms with E-state index in [1.807, 2.05) is 4.57 Å². The Morgan fingerprint density at radius 1 is 1.25 bits per heavy atom. The molecule has 1 unspecified atom stereocenters. The van der Waals surface area contributed by atoms with Gasteiger partial charge in [0.15, 0.2) is 6.29 Å². The number of hydrogen-bond donors (Lipinski definition) is 3. The molecule has 32 heavy (non-hydrogen) atoms. The van der Waals surface area contributed by atoms with E-state index in [1.165, 1.54) is 18.3 Å². The zero-order valence-electron chi connectivity index (χ0n) is 17.3. The number of rotatable bonds is 8. The van der Waals surface area contributed by atoms with Crippen molar-refractivity contribution in [2.24, 2.45) is 0 Å². The third kappa shape index (κ3) is 4.74. The summed E-state index contributed by atoms with van der Waals surface area (Å²) in [6.07, 6.45) is 5.38. The zero-order chi connectivity index (χ0) is 22.5. The summed E-state index contributed by atoms with van der Waals surface area (Å²) in [5.74, 6) is -0.609. The van der Waals surface area contributed by atoms with Crippen LogP contribution in [0.2, 0.25) is 0 Å². The maximum Gasteiger partial charge on any atom is 0.251 e. The SMILES string of the molecule is CNC(=O)c1ccc2ncc(C(O)OCCn3ccnc3)c(Nc3ccc(F)cc3)c2c1. The van der Waals surface area contributed by atoms with Crippen LogP contribution in [0.15, 0.2) is 67.4 Å². The number of ether oxygens (including phenoxy) is 1. The Morgan fingerprint density at radius 2 is 2.06 bits per heavy atom. The highest BCUT2D eigenvalue weighted by Crippen LogP contribution is 2.34. The van der Waals surface area contributed by atoms with Crippen molar-refractivity contribution in [2.45, 2.75) is 12.8 Å². The Balaban J connectivity index is 1.70. The average Bonchev–Trinajstić information content (AvgIpc) is 3.33. The molecule has 0 bridgehead atoms. The molecule has 0 spiro atoms. The lowest BCUT2D eigenvalue weighted by molar-refractivity contribution is -0.104. The van der Waals surface area contributed by atoms with Crippen LogP contribution in [0, 0.1) is 5.82 Å². The van der Waals surface area contributed by atoms with Gasteiger partial charge in [-0.2, -0.15) is 0 Å². The molecule has 0 aliphatic rings. The molecule has 0 radical (unpaired) electrons. The largest absolute Gasteiger partial charge is 0.364 e. The van der Waals surface area contributed by atoms with Gasteiger partial charge in [-0.05, 0) is 42.5 Å². The third-order valence-electron chi connectivity index (χ3n) is 4.95. The molecule has 8 nitrogen and oxygen atoms in total. The van der Waals surface area contributed by atoms with Gasteiger partial charge in [0, 0.05) is 54.4 Å². The Morgan fingerprint density at radius 3 is 2.78 bits per heavy atom. The number of aliphatic hydroxyl groups excluding tert-OH is 1. The molecule has 3 N–H and O–H groups in total. The van der Waals surface area contributed by atoms with Crippen LogP contribution >= 0.6 is 0 Å². The summed E-state index contributed by atoms with van der Waals surface area (Å²) in [5.41, 5.74) is 2.58. The predicted octanol–water partition coefficient (Wildman–Crippen LogP) is 3.38. The Hall–Kier alpha value is -3.82. The van der Waals surface area contributed by atoms with Gasteiger partial charge in [-0.1, -0.05) is 0 Å². The molecule has 1 atom stereocenters. The van der Waals surface area contributed by atoms with E-state index >= 15 is 0 Å². The number of fused-ring (bicyclic) bond motifs is 1. The van der Waals surface area contributed by atoms with E-state index in [-0.39, 0.29) is 18.3 Å². The van der Waals surface area contributed by atoms with E-state index in [1.54, 1.807) is 56.1 Å². The number of carbonyl (C=O) groups excluding carboxylic acids is 1. The van der Waals surface area contributed by atoms with E-state index in [2.05, 4.69) is 20.6 Å². The lowest BCUT2D eigenvalue weighted by Gasteiger charge is -2.19. The summed E-state index contributed by atoms with van der Waals surface area (Å²) < 4.78 is 20.8. The van der Waals surface area contributed by atoms with Gasteiger partial charge in [0.05, 0.1) is 24.1 Å². The smallest absolute Gasteiger partial charge is 0.251 e. The second kappa shape index (κ2) is 9.54. The first-order chi connectivity index (χ1) is 15.5. The Labute approximate surface area is 183 Å². The molecule has 9 heteroatoms. The fourth-order valence-electron chi connectivity index (χ4n) is 3.28. The summed E-state index contributed by atoms with van der Waals surface area (Å²) >= 11 is 0. The van der Waals surface area contributed by atoms with Crippen molar-refractivity contribution >= 4 is 28.2 Å². The van der Waals surface area contributed by atoms with E-state index in [9.17, 15) is 14.3 Å². The number of aliphatic hydroxyl groups is 1. The van der Waals surface area contributed by atoms with Gasteiger partial charge >= 0.3 is 0 Å². The molecule has 0 saturated heterocycles. The lowest BCUT2D eigenvalue weighted by atomic mass is 10.0. The van der Waals surface area contributed by atoms with Crippen molar-refractivity contribution in [3.8, 4) is 0 Å². The summed E-state index contributed by atoms with van der Waals surface area (Å²) in [5, 5.41) is 17.2. The number of benzene rings is 2. The fourth-order valence-corrected chi connectivity index (χ4v) is 3.28. The van der Waals surface area contributed by atoms with Gasteiger partial charge in [0.25, 0.3) is 5.91 Å². The van der Waals surface area contributed by atoms with Crippen LogP contribution in [0.1, 0.15) is 22.2 Å². The van der Waals surface area contributed by atoms with Crippen LogP contribution in [0.3, 0.4) is 0 Å². The first-order valence-electron chi connectivity index (χ1n) is 9.98. The van der Waals surface area contributed by atoms with Gasteiger partial charge in [0.1, 0.15) is 5.82 Å². The summed E-state index contributed by atoms with van der Waals surface area (Å²) in [6.45, 7) is 0.753. The second-order valence-corrected chi connectivity index (χ2v) is 7.06. The first-order valence-corrected chi connectivity index (χ1v) is 9.98. The molecule has 4 aromatic rings. The first kappa shape index (κ1) is 21.4. The van der Waals surface area contributed by atoms with Crippen LogP contribution < -0.4 is 10.6 Å². The van der Waals surface area contributed by atoms with E-state index in [4.69, 9.17) is 4.74 Å². The monoisotopic (exact) mass is 435 g/mol. The number of aromatic nitrogens is 3. The molecule has 0 fully saturated rings. The molecular formula is C23H22FN5O3. The van der Waals surface area contributed by atoms with Crippen molar-refractivity contribution in [1.82, 2.24) is 19.9 Å². The number of pyridine rings is 1. The Kier molecular flexibility index (Phi) is 6.39. The molecule has 164 valence electrons. The molecule has 0 aliphatic heterocycles. The predicted molar refractivity (Wildman–Crippen MR) is 118 cm³/mol. The molecule has 2 aromatic heterocycles. The third-order valence-corrected chi connectivity index (χ3v) is 4.95. The topological polar surface area (TPSA) is 101 Å². The van der Waals surface area contributed by atoms with Crippen LogP contribution in [-0.2, 0) is 11.3 Å². The summed E-state index contributed by atoms with van der Waals surface area (Å²) in [4.78, 5) is 20.6. The number of amides is 1. The minimum Gasteiger partial charge on any atom is -0.364 e. The standard InChI is InChI=1S/C23H22FN5O3/c1-25-22(30)15-2-7-20-18(12-15)21(28-17-5-3-16(24)4-6-17)19(13-27-20)23(31)32-11-10-29-9-8-26-14-29/h2-9,12-14,23,31H,10-11H2,1H3,(H,25,30)(H,27,28). The minimum atomic E-state index is -1.28. The van der Waals surface area contributed by atoms with Gasteiger partial charge in [-0.3, -0.25) is 9.78 Å². The molecule has 0 saturated carbocycles. The van der Waals surface area contributed by atoms with Crippen LogP contribution in [0.25, 0.3) is 10.9 Å². The van der Waals surface area contributed by atoms with Gasteiger partial charge < -0.3 is 25.0 Å². The second-order valence-electron chi connectivity index (χ2n) is 7.06. The fraction of sp³-hybridized carbons (Fsp3) is 0.174. The van der Waals surface area contributed by atoms with Crippen molar-refractivity contribution in [3.63, 3.8) is 0 Å². The van der Waals surface area contributed by atoms with Gasteiger partial charge in [-0.15, -0.1) is 0 Å². The highest BCUT2D eigenvalue weighted by atomic mass is 19.1. The van der Waals surface area contributed by atoms with E-state index in [0.29, 0.717) is 39.9 Å². The maximum atomic E-state index is 13.4. The molecule has 2 heterocycles. The average molecular weight is 435 g/mol. The molecule has 0 aliphatic carbocycles. The van der Waals surface area contributed by atoms with Crippen LogP contribution in [0.5, 0.6) is 0 Å². The van der Waals surface area contributed by atoms with E-state index < -0.39 is 6.29 Å². The van der Waals surface area contributed by atoms with Crippen LogP contribution in [0.4, 0.5) is 15.8 Å². The van der Waals surface area contributed by atoms with Gasteiger partial charge in [0.2, 0.25) is 0 Å². The van der Waals surface area contributed by atoms with Crippen molar-refractivity contribution in [1.29, 1.82) is 0 Å². The highest BCUT2D eigenvalue weighted by molar-refractivity contribution is 6.02. The van der Waals surface area contributed by atoms with Crippen molar-refractivity contribution < 1.29 is 19.0 Å². The van der Waals surface area contributed by atoms with Crippen LogP contribution in [-0.4, -0.2) is 39.2 Å². The number of imidazole rings is 1. The molecule has 1 amide bonds. The quantitative estimate of drug-likeness (QED) is 0.367. The Bertz CT molecular complexity index is 1210. The molecule has 4 rings (SSSR count). The van der Waals surface area contributed by atoms with Crippen molar-refractivity contribution in [3.05, 3.63) is 84.3 Å². The number of anilines is 2. The highest BCUT2D eigenvalue weighted by Gasteiger charge is 2.18.